The Morgan fingerprint density at radius 2 is 2.20 bits per heavy atom. The molecule has 0 bridgehead atoms. The molecule has 0 aliphatic carbocycles. The van der Waals surface area contributed by atoms with Crippen LogP contribution in [0.3, 0.4) is 0 Å². The average Bonchev–Trinajstić information content (AvgIpc) is 2.74. The van der Waals surface area contributed by atoms with Gasteiger partial charge < -0.3 is 9.88 Å². The van der Waals surface area contributed by atoms with E-state index in [1.165, 1.54) is 12.1 Å². The molecule has 6 heteroatoms. The molecule has 0 fully saturated rings. The lowest BCUT2D eigenvalue weighted by Gasteiger charge is -2.09. The minimum absolute atomic E-state index is 0.172. The molecule has 0 aliphatic heterocycles. The lowest BCUT2D eigenvalue weighted by molar-refractivity contribution is 0.101. The summed E-state index contributed by atoms with van der Waals surface area (Å²) in [5.74, 6) is -0.720. The number of hydrogen-bond acceptors (Lipinski definition) is 1. The largest absolute Gasteiger partial charge is 0.342 e. The zero-order chi connectivity index (χ0) is 14.7. The van der Waals surface area contributed by atoms with E-state index in [4.69, 9.17) is 11.6 Å². The molecule has 2 rings (SSSR count). The van der Waals surface area contributed by atoms with E-state index in [2.05, 4.69) is 21.2 Å². The summed E-state index contributed by atoms with van der Waals surface area (Å²) in [7, 11) is 0. The van der Waals surface area contributed by atoms with E-state index in [-0.39, 0.29) is 10.9 Å². The highest BCUT2D eigenvalue weighted by atomic mass is 79.9. The summed E-state index contributed by atoms with van der Waals surface area (Å²) in [4.78, 5) is 12.3. The molecular weight excluding hydrogens is 347 g/mol. The van der Waals surface area contributed by atoms with Gasteiger partial charge in [0.15, 0.2) is 0 Å². The summed E-state index contributed by atoms with van der Waals surface area (Å²) in [5, 5.41) is 2.86. The Labute approximate surface area is 129 Å². The number of carbonyl (C=O) groups excluding carboxylic acids is 1. The third kappa shape index (κ3) is 3.41. The third-order valence-corrected chi connectivity index (χ3v) is 3.49. The van der Waals surface area contributed by atoms with Crippen LogP contribution >= 0.6 is 27.5 Å². The number of amides is 1. The van der Waals surface area contributed by atoms with Crippen LogP contribution in [-0.2, 0) is 6.54 Å². The number of nitrogens with one attached hydrogen (secondary N) is 1. The van der Waals surface area contributed by atoms with Gasteiger partial charge >= 0.3 is 0 Å². The first-order valence-electron chi connectivity index (χ1n) is 6.13. The van der Waals surface area contributed by atoms with E-state index >= 15 is 0 Å². The first-order chi connectivity index (χ1) is 9.51. The Morgan fingerprint density at radius 1 is 1.45 bits per heavy atom. The fourth-order valence-corrected chi connectivity index (χ4v) is 2.55. The van der Waals surface area contributed by atoms with Gasteiger partial charge in [0.1, 0.15) is 11.5 Å². The molecule has 1 aromatic carbocycles. The van der Waals surface area contributed by atoms with Crippen LogP contribution in [0.25, 0.3) is 0 Å². The number of rotatable bonds is 4. The van der Waals surface area contributed by atoms with Gasteiger partial charge in [-0.25, -0.2) is 4.39 Å². The molecule has 1 amide bonds. The molecule has 0 saturated heterocycles. The highest BCUT2D eigenvalue weighted by Gasteiger charge is 2.14. The lowest BCUT2D eigenvalue weighted by Crippen LogP contribution is -2.17. The number of anilines is 1. The Bertz CT molecular complexity index is 642. The van der Waals surface area contributed by atoms with E-state index in [9.17, 15) is 9.18 Å². The number of aryl methyl sites for hydroxylation is 1. The van der Waals surface area contributed by atoms with Crippen LogP contribution in [0.5, 0.6) is 0 Å². The molecule has 0 unspecified atom stereocenters. The summed E-state index contributed by atoms with van der Waals surface area (Å²) in [6.07, 6.45) is 2.77. The van der Waals surface area contributed by atoms with E-state index in [1.807, 2.05) is 17.7 Å². The number of nitrogens with zero attached hydrogens (tertiary/aromatic N) is 1. The molecule has 0 saturated carbocycles. The van der Waals surface area contributed by atoms with Crippen molar-refractivity contribution in [2.24, 2.45) is 0 Å². The van der Waals surface area contributed by atoms with Crippen LogP contribution in [0.1, 0.15) is 23.8 Å². The predicted octanol–water partition coefficient (Wildman–Crippen LogP) is 4.71. The number of benzene rings is 1. The first kappa shape index (κ1) is 15.1. The van der Waals surface area contributed by atoms with Crippen LogP contribution in [0.4, 0.5) is 10.1 Å². The van der Waals surface area contributed by atoms with Gasteiger partial charge in [0.05, 0.1) is 10.7 Å². The quantitative estimate of drug-likeness (QED) is 0.843. The Kier molecular flexibility index (Phi) is 4.83. The standard InChI is InChI=1S/C14H13BrClFN2O/c1-2-5-19-8-9(15)6-13(19)14(20)18-12-4-3-10(17)7-11(12)16/h3-4,6-8H,2,5H2,1H3,(H,18,20). The van der Waals surface area contributed by atoms with Crippen molar-refractivity contribution in [2.75, 3.05) is 5.32 Å². The first-order valence-corrected chi connectivity index (χ1v) is 7.30. The van der Waals surface area contributed by atoms with Crippen LogP contribution in [0.2, 0.25) is 5.02 Å². The van der Waals surface area contributed by atoms with Crippen molar-refractivity contribution < 1.29 is 9.18 Å². The van der Waals surface area contributed by atoms with Crippen LogP contribution < -0.4 is 5.32 Å². The maximum Gasteiger partial charge on any atom is 0.272 e. The molecule has 1 aromatic heterocycles. The van der Waals surface area contributed by atoms with Crippen LogP contribution in [0, 0.1) is 5.82 Å². The fraction of sp³-hybridized carbons (Fsp3) is 0.214. The van der Waals surface area contributed by atoms with E-state index in [1.54, 1.807) is 6.07 Å². The lowest BCUT2D eigenvalue weighted by atomic mass is 10.3. The van der Waals surface area contributed by atoms with Crippen molar-refractivity contribution in [3.8, 4) is 0 Å². The van der Waals surface area contributed by atoms with E-state index in [0.29, 0.717) is 11.4 Å². The van der Waals surface area contributed by atoms with Gasteiger partial charge in [0.25, 0.3) is 5.91 Å². The van der Waals surface area contributed by atoms with Gasteiger partial charge in [-0.1, -0.05) is 18.5 Å². The Balaban J connectivity index is 2.23. The maximum absolute atomic E-state index is 13.0. The molecule has 0 atom stereocenters. The van der Waals surface area contributed by atoms with Gasteiger partial charge in [-0.2, -0.15) is 0 Å². The molecule has 3 nitrogen and oxygen atoms in total. The average molecular weight is 360 g/mol. The Morgan fingerprint density at radius 3 is 2.85 bits per heavy atom. The second-order valence-corrected chi connectivity index (χ2v) is 5.64. The van der Waals surface area contributed by atoms with E-state index in [0.717, 1.165) is 23.5 Å². The zero-order valence-corrected chi connectivity index (χ0v) is 13.1. The summed E-state index contributed by atoms with van der Waals surface area (Å²) in [5.41, 5.74) is 0.914. The normalized spacial score (nSPS) is 10.6. The monoisotopic (exact) mass is 358 g/mol. The topological polar surface area (TPSA) is 34.0 Å². The minimum atomic E-state index is -0.440. The van der Waals surface area contributed by atoms with Crippen molar-refractivity contribution in [1.29, 1.82) is 0 Å². The van der Waals surface area contributed by atoms with Crippen LogP contribution in [0.15, 0.2) is 34.9 Å². The molecule has 2 aromatic rings. The van der Waals surface area contributed by atoms with Gasteiger partial charge in [0, 0.05) is 17.2 Å². The number of aromatic nitrogens is 1. The van der Waals surface area contributed by atoms with Crippen molar-refractivity contribution in [3.05, 3.63) is 51.5 Å². The van der Waals surface area contributed by atoms with Crippen molar-refractivity contribution in [2.45, 2.75) is 19.9 Å². The molecule has 1 N–H and O–H groups in total. The molecule has 0 spiro atoms. The van der Waals surface area contributed by atoms with Gasteiger partial charge in [-0.05, 0) is 46.6 Å². The van der Waals surface area contributed by atoms with Gasteiger partial charge in [0.2, 0.25) is 0 Å². The second kappa shape index (κ2) is 6.41. The van der Waals surface area contributed by atoms with E-state index < -0.39 is 5.82 Å². The molecule has 0 aliphatic rings. The SMILES string of the molecule is CCCn1cc(Br)cc1C(=O)Nc1ccc(F)cc1Cl. The molecule has 1 heterocycles. The molecule has 20 heavy (non-hydrogen) atoms. The summed E-state index contributed by atoms with van der Waals surface area (Å²) >= 11 is 9.25. The minimum Gasteiger partial charge on any atom is -0.342 e. The summed E-state index contributed by atoms with van der Waals surface area (Å²) < 4.78 is 15.7. The highest BCUT2D eigenvalue weighted by molar-refractivity contribution is 9.10. The molecular formula is C14H13BrClFN2O. The maximum atomic E-state index is 13.0. The second-order valence-electron chi connectivity index (χ2n) is 4.32. The number of hydrogen-bond donors (Lipinski definition) is 1. The summed E-state index contributed by atoms with van der Waals surface area (Å²) in [6.45, 7) is 2.78. The smallest absolute Gasteiger partial charge is 0.272 e. The number of halogens is 3. The van der Waals surface area contributed by atoms with Crippen LogP contribution in [-0.4, -0.2) is 10.5 Å². The highest BCUT2D eigenvalue weighted by Crippen LogP contribution is 2.24. The van der Waals surface area contributed by atoms with Gasteiger partial charge in [-0.15, -0.1) is 0 Å². The van der Waals surface area contributed by atoms with Crippen molar-refractivity contribution in [1.82, 2.24) is 4.57 Å². The molecule has 0 radical (unpaired) electrons. The fourth-order valence-electron chi connectivity index (χ4n) is 1.87. The number of carbonyl (C=O) groups is 1. The van der Waals surface area contributed by atoms with Gasteiger partial charge in [-0.3, -0.25) is 4.79 Å². The molecule has 106 valence electrons. The zero-order valence-electron chi connectivity index (χ0n) is 10.8. The van der Waals surface area contributed by atoms with Crippen molar-refractivity contribution >= 4 is 39.1 Å². The third-order valence-electron chi connectivity index (χ3n) is 2.74. The summed E-state index contributed by atoms with van der Waals surface area (Å²) in [6, 6.07) is 5.60. The predicted molar refractivity (Wildman–Crippen MR) is 81.8 cm³/mol. The van der Waals surface area contributed by atoms with Crippen molar-refractivity contribution in [3.63, 3.8) is 0 Å². The Hall–Kier alpha value is -1.33.